The molecule has 1 saturated heterocycles. The normalized spacial score (nSPS) is 17.9. The third-order valence-electron chi connectivity index (χ3n) is 6.61. The van der Waals surface area contributed by atoms with Crippen molar-refractivity contribution in [2.45, 2.75) is 27.4 Å². The van der Waals surface area contributed by atoms with Crippen LogP contribution in [0.1, 0.15) is 17.2 Å². The summed E-state index contributed by atoms with van der Waals surface area (Å²) in [7, 11) is 0. The zero-order valence-corrected chi connectivity index (χ0v) is 24.5. The zero-order chi connectivity index (χ0) is 28.9. The van der Waals surface area contributed by atoms with Gasteiger partial charge in [-0.05, 0) is 23.3 Å². The molecule has 0 aliphatic carbocycles. The molecule has 0 unspecified atom stereocenters. The van der Waals surface area contributed by atoms with Crippen LogP contribution in [0.5, 0.6) is 0 Å². The number of fused-ring (bicyclic) bond motifs is 1. The summed E-state index contributed by atoms with van der Waals surface area (Å²) in [6.07, 6.45) is 0.877. The maximum atomic E-state index is 14.0. The molecule has 1 aromatic heterocycles. The molecule has 9 nitrogen and oxygen atoms in total. The number of rotatable bonds is 10. The van der Waals surface area contributed by atoms with Crippen LogP contribution < -0.4 is 5.32 Å². The maximum Gasteiger partial charge on any atom is 0.356 e. The molecule has 2 atom stereocenters. The van der Waals surface area contributed by atoms with Crippen molar-refractivity contribution in [1.29, 1.82) is 0 Å². The summed E-state index contributed by atoms with van der Waals surface area (Å²) in [5, 5.41) is 13.5. The number of hydrogen-bond acceptors (Lipinski definition) is 9. The number of nitrogens with one attached hydrogen (secondary N) is 2. The molecule has 2 aliphatic heterocycles. The molecule has 42 heavy (non-hydrogen) atoms. The lowest BCUT2D eigenvalue weighted by Crippen LogP contribution is -2.70. The van der Waals surface area contributed by atoms with Gasteiger partial charge in [0.1, 0.15) is 22.1 Å². The van der Waals surface area contributed by atoms with E-state index in [2.05, 4.69) is 20.7 Å². The van der Waals surface area contributed by atoms with Gasteiger partial charge in [-0.2, -0.15) is 0 Å². The Morgan fingerprint density at radius 3 is 2.26 bits per heavy atom. The Morgan fingerprint density at radius 2 is 1.64 bits per heavy atom. The predicted octanol–water partition coefficient (Wildman–Crippen LogP) is 4.63. The average Bonchev–Trinajstić information content (AvgIpc) is 3.55. The molecule has 3 aromatic carbocycles. The molecule has 6 rings (SSSR count). The summed E-state index contributed by atoms with van der Waals surface area (Å²) in [5.41, 5.74) is 1.79. The highest BCUT2D eigenvalue weighted by molar-refractivity contribution is 8.06. The van der Waals surface area contributed by atoms with E-state index in [0.717, 1.165) is 16.0 Å². The van der Waals surface area contributed by atoms with Crippen molar-refractivity contribution in [2.24, 2.45) is 0 Å². The fourth-order valence-corrected chi connectivity index (χ4v) is 7.75. The lowest BCUT2D eigenvalue weighted by Gasteiger charge is -2.49. The number of β-lactam (4-membered cyclic amide) rings is 1. The standard InChI is InChI=1S/C30H25N5O4S3/c36-23(18-40-21-14-8-3-9-15-21)32-25-28(37)35-26(22(17-41-29(25)35)42-24-16-31-34-33-24)30(38)39-27(19-10-4-1-5-11-19)20-12-6-2-7-13-20/h1-16,25,27,29H,17-18H2,(H,32,36)(H,31,33,34)/t25-,29+/m1/s1. The third kappa shape index (κ3) is 6.10. The van der Waals surface area contributed by atoms with Gasteiger partial charge in [0.25, 0.3) is 5.91 Å². The van der Waals surface area contributed by atoms with Crippen LogP contribution in [0.4, 0.5) is 0 Å². The molecule has 1 fully saturated rings. The fraction of sp³-hybridized carbons (Fsp3) is 0.167. The van der Waals surface area contributed by atoms with E-state index in [1.807, 2.05) is 91.0 Å². The Balaban J connectivity index is 1.24. The number of ether oxygens (including phenoxy) is 1. The Bertz CT molecular complexity index is 1550. The number of carbonyl (C=O) groups is 3. The number of thioether (sulfide) groups is 3. The summed E-state index contributed by atoms with van der Waals surface area (Å²) >= 11 is 4.17. The van der Waals surface area contributed by atoms with Gasteiger partial charge in [0.05, 0.1) is 11.9 Å². The second-order valence-electron chi connectivity index (χ2n) is 9.36. The first kappa shape index (κ1) is 28.1. The van der Waals surface area contributed by atoms with Crippen LogP contribution >= 0.6 is 35.3 Å². The number of amides is 2. The van der Waals surface area contributed by atoms with Gasteiger partial charge in [-0.3, -0.25) is 19.6 Å². The van der Waals surface area contributed by atoms with Gasteiger partial charge in [-0.1, -0.05) is 95.8 Å². The highest BCUT2D eigenvalue weighted by Gasteiger charge is 2.54. The molecule has 0 bridgehead atoms. The zero-order valence-electron chi connectivity index (χ0n) is 22.1. The first-order valence-electron chi connectivity index (χ1n) is 13.1. The topological polar surface area (TPSA) is 117 Å². The van der Waals surface area contributed by atoms with Crippen LogP contribution in [0.3, 0.4) is 0 Å². The van der Waals surface area contributed by atoms with Crippen LogP contribution in [-0.4, -0.2) is 61.0 Å². The van der Waals surface area contributed by atoms with E-state index in [-0.39, 0.29) is 23.3 Å². The molecule has 12 heteroatoms. The van der Waals surface area contributed by atoms with Crippen LogP contribution in [0, 0.1) is 0 Å². The number of esters is 1. The van der Waals surface area contributed by atoms with E-state index in [0.29, 0.717) is 15.7 Å². The summed E-state index contributed by atoms with van der Waals surface area (Å²) < 4.78 is 6.17. The molecular formula is C30H25N5O4S3. The van der Waals surface area contributed by atoms with Crippen LogP contribution in [-0.2, 0) is 19.1 Å². The lowest BCUT2D eigenvalue weighted by molar-refractivity contribution is -0.154. The molecular weight excluding hydrogens is 591 g/mol. The van der Waals surface area contributed by atoms with Gasteiger partial charge >= 0.3 is 5.97 Å². The monoisotopic (exact) mass is 615 g/mol. The van der Waals surface area contributed by atoms with Crippen LogP contribution in [0.15, 0.2) is 118 Å². The number of aromatic amines is 1. The van der Waals surface area contributed by atoms with Crippen LogP contribution in [0.2, 0.25) is 0 Å². The largest absolute Gasteiger partial charge is 0.448 e. The van der Waals surface area contributed by atoms with Gasteiger partial charge in [-0.15, -0.1) is 28.6 Å². The van der Waals surface area contributed by atoms with Crippen molar-refractivity contribution in [3.05, 3.63) is 119 Å². The molecule has 0 spiro atoms. The summed E-state index contributed by atoms with van der Waals surface area (Å²) in [6.45, 7) is 0. The number of benzene rings is 3. The lowest BCUT2D eigenvalue weighted by atomic mass is 10.0. The van der Waals surface area contributed by atoms with Gasteiger partial charge in [-0.25, -0.2) is 4.79 Å². The van der Waals surface area contributed by atoms with Crippen molar-refractivity contribution in [3.63, 3.8) is 0 Å². The van der Waals surface area contributed by atoms with Gasteiger partial charge in [0.15, 0.2) is 6.10 Å². The number of nitrogens with zero attached hydrogens (tertiary/aromatic N) is 3. The third-order valence-corrected chi connectivity index (χ3v) is 10.1. The summed E-state index contributed by atoms with van der Waals surface area (Å²) in [5.74, 6) is -0.596. The SMILES string of the molecule is O=C(CSc1ccccc1)N[C@@H]1C(=O)N2C(C(=O)OC(c3ccccc3)c3ccccc3)=C(Sc3cnn[nH]3)CS[C@@H]12. The van der Waals surface area contributed by atoms with E-state index in [9.17, 15) is 14.4 Å². The predicted molar refractivity (Wildman–Crippen MR) is 162 cm³/mol. The number of carbonyl (C=O) groups excluding carboxylic acids is 3. The van der Waals surface area contributed by atoms with E-state index in [4.69, 9.17) is 4.74 Å². The molecule has 0 radical (unpaired) electrons. The van der Waals surface area contributed by atoms with E-state index >= 15 is 0 Å². The first-order chi connectivity index (χ1) is 20.6. The second-order valence-corrected chi connectivity index (χ2v) is 12.6. The van der Waals surface area contributed by atoms with Gasteiger partial charge < -0.3 is 10.1 Å². The van der Waals surface area contributed by atoms with Crippen molar-refractivity contribution >= 4 is 53.1 Å². The fourth-order valence-electron chi connectivity index (χ4n) is 4.66. The maximum absolute atomic E-state index is 14.0. The van der Waals surface area contributed by atoms with Crippen molar-refractivity contribution in [2.75, 3.05) is 11.5 Å². The minimum atomic E-state index is -0.735. The second kappa shape index (κ2) is 12.9. The van der Waals surface area contributed by atoms with Gasteiger partial charge in [0, 0.05) is 15.6 Å². The van der Waals surface area contributed by atoms with Crippen LogP contribution in [0.25, 0.3) is 0 Å². The van der Waals surface area contributed by atoms with Crippen molar-refractivity contribution in [3.8, 4) is 0 Å². The Labute approximate surface area is 254 Å². The van der Waals surface area contributed by atoms with Gasteiger partial charge in [0.2, 0.25) is 5.91 Å². The molecule has 0 saturated carbocycles. The molecule has 212 valence electrons. The molecule has 3 heterocycles. The number of hydrogen-bond donors (Lipinski definition) is 2. The quantitative estimate of drug-likeness (QED) is 0.150. The van der Waals surface area contributed by atoms with E-state index in [1.165, 1.54) is 40.2 Å². The first-order valence-corrected chi connectivity index (χ1v) is 15.9. The molecule has 2 aliphatic rings. The Morgan fingerprint density at radius 1 is 1.00 bits per heavy atom. The molecule has 4 aromatic rings. The minimum Gasteiger partial charge on any atom is -0.448 e. The smallest absolute Gasteiger partial charge is 0.356 e. The van der Waals surface area contributed by atoms with Crippen molar-refractivity contribution in [1.82, 2.24) is 25.6 Å². The molecule has 2 N–H and O–H groups in total. The minimum absolute atomic E-state index is 0.171. The Kier molecular flexibility index (Phi) is 8.63. The Hall–Kier alpha value is -4.00. The summed E-state index contributed by atoms with van der Waals surface area (Å²) in [4.78, 5) is 43.3. The summed E-state index contributed by atoms with van der Waals surface area (Å²) in [6, 6.07) is 27.8. The average molecular weight is 616 g/mol. The van der Waals surface area contributed by atoms with E-state index < -0.39 is 23.5 Å². The van der Waals surface area contributed by atoms with Crippen molar-refractivity contribution < 1.29 is 19.1 Å². The highest BCUT2D eigenvalue weighted by atomic mass is 32.2. The number of aromatic nitrogens is 3. The highest BCUT2D eigenvalue weighted by Crippen LogP contribution is 2.45. The number of H-pyrrole nitrogens is 1. The molecule has 2 amide bonds. The van der Waals surface area contributed by atoms with E-state index in [1.54, 1.807) is 6.20 Å².